The molecule has 0 atom stereocenters. The first kappa shape index (κ1) is 19.6. The Balaban J connectivity index is 1.20. The zero-order valence-electron chi connectivity index (χ0n) is 17.0. The van der Waals surface area contributed by atoms with Crippen LogP contribution in [0.15, 0.2) is 72.3 Å². The topological polar surface area (TPSA) is 120 Å². The summed E-state index contributed by atoms with van der Waals surface area (Å²) in [5, 5.41) is 10.1. The van der Waals surface area contributed by atoms with Crippen LogP contribution in [-0.2, 0) is 11.3 Å². The molecule has 1 aromatic carbocycles. The number of hydrogen-bond acceptors (Lipinski definition) is 7. The van der Waals surface area contributed by atoms with Gasteiger partial charge in [0.2, 0.25) is 5.91 Å². The van der Waals surface area contributed by atoms with Crippen LogP contribution in [0.4, 0.5) is 17.2 Å². The lowest BCUT2D eigenvalue weighted by Gasteiger charge is -2.10. The van der Waals surface area contributed by atoms with Crippen LogP contribution in [0.3, 0.4) is 0 Å². The highest BCUT2D eigenvalue weighted by Crippen LogP contribution is 2.38. The number of carbonyl (C=O) groups excluding carboxylic acids is 1. The predicted molar refractivity (Wildman–Crippen MR) is 118 cm³/mol. The molecular formula is C22H20N8O2. The van der Waals surface area contributed by atoms with Crippen LogP contribution in [0.25, 0.3) is 5.82 Å². The van der Waals surface area contributed by atoms with E-state index in [1.54, 1.807) is 35.3 Å². The van der Waals surface area contributed by atoms with Crippen molar-refractivity contribution in [1.29, 1.82) is 0 Å². The van der Waals surface area contributed by atoms with Gasteiger partial charge in [-0.05, 0) is 43.2 Å². The van der Waals surface area contributed by atoms with Gasteiger partial charge in [0.25, 0.3) is 5.56 Å². The highest BCUT2D eigenvalue weighted by molar-refractivity contribution is 5.90. The second-order valence-corrected chi connectivity index (χ2v) is 7.52. The van der Waals surface area contributed by atoms with E-state index in [9.17, 15) is 9.59 Å². The van der Waals surface area contributed by atoms with E-state index in [0.29, 0.717) is 23.2 Å². The first-order valence-electron chi connectivity index (χ1n) is 10.2. The minimum atomic E-state index is -0.298. The molecule has 1 aliphatic rings. The first-order valence-corrected chi connectivity index (χ1v) is 10.2. The monoisotopic (exact) mass is 428 g/mol. The molecule has 0 saturated heterocycles. The van der Waals surface area contributed by atoms with Crippen molar-refractivity contribution in [2.24, 2.45) is 0 Å². The lowest BCUT2D eigenvalue weighted by molar-refractivity contribution is -0.116. The van der Waals surface area contributed by atoms with E-state index >= 15 is 0 Å². The Hall–Kier alpha value is -4.34. The molecule has 5 rings (SSSR count). The van der Waals surface area contributed by atoms with Crippen LogP contribution < -0.4 is 16.2 Å². The third-order valence-corrected chi connectivity index (χ3v) is 5.04. The van der Waals surface area contributed by atoms with E-state index in [1.807, 2.05) is 18.2 Å². The number of rotatable bonds is 7. The summed E-state index contributed by atoms with van der Waals surface area (Å²) in [5.41, 5.74) is 2.02. The summed E-state index contributed by atoms with van der Waals surface area (Å²) in [4.78, 5) is 37.3. The summed E-state index contributed by atoms with van der Waals surface area (Å²) in [6, 6.07) is 12.3. The molecule has 32 heavy (non-hydrogen) atoms. The van der Waals surface area contributed by atoms with Gasteiger partial charge >= 0.3 is 0 Å². The fraction of sp³-hybridized carbons (Fsp3) is 0.182. The molecule has 0 radical (unpaired) electrons. The van der Waals surface area contributed by atoms with Crippen molar-refractivity contribution in [3.63, 3.8) is 0 Å². The molecule has 3 aromatic heterocycles. The van der Waals surface area contributed by atoms with E-state index in [4.69, 9.17) is 0 Å². The van der Waals surface area contributed by atoms with Crippen molar-refractivity contribution in [3.05, 3.63) is 83.6 Å². The Kier molecular flexibility index (Phi) is 5.16. The number of benzene rings is 1. The van der Waals surface area contributed by atoms with Gasteiger partial charge in [-0.25, -0.2) is 19.6 Å². The lowest BCUT2D eigenvalue weighted by Crippen LogP contribution is -2.27. The maximum absolute atomic E-state index is 12.4. The Labute approximate surface area is 183 Å². The molecule has 0 bridgehead atoms. The molecule has 0 aliphatic heterocycles. The van der Waals surface area contributed by atoms with Crippen molar-refractivity contribution in [2.75, 3.05) is 10.6 Å². The quantitative estimate of drug-likeness (QED) is 0.464. The fourth-order valence-electron chi connectivity index (χ4n) is 3.25. The minimum Gasteiger partial charge on any atom is -0.340 e. The summed E-state index contributed by atoms with van der Waals surface area (Å²) >= 11 is 0. The Morgan fingerprint density at radius 2 is 1.88 bits per heavy atom. The molecule has 1 fully saturated rings. The Morgan fingerprint density at radius 1 is 1.06 bits per heavy atom. The van der Waals surface area contributed by atoms with Crippen LogP contribution in [-0.4, -0.2) is 35.2 Å². The van der Waals surface area contributed by atoms with Gasteiger partial charge in [0.15, 0.2) is 5.82 Å². The standard InChI is InChI=1S/C22H20N8O2/c31-21(12-29-14-25-18(10-22(29)32)15-2-3-15)28-17-6-4-16(5-7-17)27-19-11-20(24-13-23-19)30-9-1-8-26-30/h1,4-11,13-15H,2-3,12H2,(H,28,31)(H,23,24,27). The number of hydrogen-bond donors (Lipinski definition) is 2. The lowest BCUT2D eigenvalue weighted by atomic mass is 10.2. The van der Waals surface area contributed by atoms with Gasteiger partial charge in [0.05, 0.1) is 12.0 Å². The molecule has 2 N–H and O–H groups in total. The molecule has 1 saturated carbocycles. The van der Waals surface area contributed by atoms with Crippen LogP contribution in [0.1, 0.15) is 24.5 Å². The molecule has 160 valence electrons. The number of aromatic nitrogens is 6. The third kappa shape index (κ3) is 4.53. The normalized spacial score (nSPS) is 13.0. The molecule has 0 unspecified atom stereocenters. The first-order chi connectivity index (χ1) is 15.6. The largest absolute Gasteiger partial charge is 0.340 e. The van der Waals surface area contributed by atoms with Gasteiger partial charge in [0, 0.05) is 41.8 Å². The van der Waals surface area contributed by atoms with Gasteiger partial charge in [-0.3, -0.25) is 14.2 Å². The molecule has 0 spiro atoms. The molecule has 3 heterocycles. The van der Waals surface area contributed by atoms with Crippen LogP contribution in [0.5, 0.6) is 0 Å². The minimum absolute atomic E-state index is 0.0894. The highest BCUT2D eigenvalue weighted by Gasteiger charge is 2.25. The van der Waals surface area contributed by atoms with E-state index < -0.39 is 0 Å². The van der Waals surface area contributed by atoms with E-state index in [0.717, 1.165) is 24.2 Å². The highest BCUT2D eigenvalue weighted by atomic mass is 16.2. The summed E-state index contributed by atoms with van der Waals surface area (Å²) in [5.74, 6) is 1.36. The van der Waals surface area contributed by atoms with E-state index in [1.165, 1.54) is 23.3 Å². The van der Waals surface area contributed by atoms with Gasteiger partial charge in [0.1, 0.15) is 18.7 Å². The maximum atomic E-state index is 12.4. The third-order valence-electron chi connectivity index (χ3n) is 5.04. The zero-order chi connectivity index (χ0) is 21.9. The van der Waals surface area contributed by atoms with Crippen LogP contribution >= 0.6 is 0 Å². The van der Waals surface area contributed by atoms with Crippen molar-refractivity contribution in [1.82, 2.24) is 29.3 Å². The average molecular weight is 428 g/mol. The van der Waals surface area contributed by atoms with Crippen molar-refractivity contribution >= 4 is 23.1 Å². The van der Waals surface area contributed by atoms with E-state index in [2.05, 4.69) is 30.7 Å². The smallest absolute Gasteiger partial charge is 0.254 e. The van der Waals surface area contributed by atoms with Crippen molar-refractivity contribution < 1.29 is 4.79 Å². The van der Waals surface area contributed by atoms with Crippen LogP contribution in [0, 0.1) is 0 Å². The molecular weight excluding hydrogens is 408 g/mol. The second-order valence-electron chi connectivity index (χ2n) is 7.52. The van der Waals surface area contributed by atoms with Crippen molar-refractivity contribution in [3.8, 4) is 5.82 Å². The van der Waals surface area contributed by atoms with E-state index in [-0.39, 0.29) is 18.0 Å². The zero-order valence-corrected chi connectivity index (χ0v) is 17.0. The molecule has 4 aromatic rings. The fourth-order valence-corrected chi connectivity index (χ4v) is 3.25. The van der Waals surface area contributed by atoms with Gasteiger partial charge < -0.3 is 10.6 Å². The molecule has 1 amide bonds. The summed E-state index contributed by atoms with van der Waals surface area (Å²) in [6.45, 7) is -0.0894. The maximum Gasteiger partial charge on any atom is 0.254 e. The predicted octanol–water partition coefficient (Wildman–Crippen LogP) is 2.48. The summed E-state index contributed by atoms with van der Waals surface area (Å²) in [7, 11) is 0. The number of nitrogens with one attached hydrogen (secondary N) is 2. The SMILES string of the molecule is O=C(Cn1cnc(C2CC2)cc1=O)Nc1ccc(Nc2cc(-n3cccn3)ncn2)cc1. The van der Waals surface area contributed by atoms with Gasteiger partial charge in [-0.15, -0.1) is 0 Å². The number of amides is 1. The molecule has 10 nitrogen and oxygen atoms in total. The van der Waals surface area contributed by atoms with Gasteiger partial charge in [-0.1, -0.05) is 0 Å². The Morgan fingerprint density at radius 3 is 2.59 bits per heavy atom. The van der Waals surface area contributed by atoms with Crippen molar-refractivity contribution in [2.45, 2.75) is 25.3 Å². The second kappa shape index (κ2) is 8.42. The molecule has 1 aliphatic carbocycles. The number of anilines is 3. The van der Waals surface area contributed by atoms with Gasteiger partial charge in [-0.2, -0.15) is 5.10 Å². The summed E-state index contributed by atoms with van der Waals surface area (Å²) in [6.07, 6.45) is 8.53. The molecule has 10 heteroatoms. The number of nitrogens with zero attached hydrogens (tertiary/aromatic N) is 6. The summed E-state index contributed by atoms with van der Waals surface area (Å²) < 4.78 is 2.95. The Bertz CT molecular complexity index is 1290. The average Bonchev–Trinajstić information content (AvgIpc) is 3.50. The van der Waals surface area contributed by atoms with Crippen LogP contribution in [0.2, 0.25) is 0 Å². The number of carbonyl (C=O) groups is 1.